The van der Waals surface area contributed by atoms with Crippen LogP contribution in [-0.4, -0.2) is 16.3 Å². The van der Waals surface area contributed by atoms with Gasteiger partial charge in [0.25, 0.3) is 0 Å². The van der Waals surface area contributed by atoms with E-state index in [0.717, 1.165) is 32.1 Å². The minimum Gasteiger partial charge on any atom is -0.508 e. The number of hydrogen-bond donors (Lipinski definition) is 2. The first-order valence-corrected chi connectivity index (χ1v) is 6.09. The fourth-order valence-corrected chi connectivity index (χ4v) is 2.07. The maximum Gasteiger partial charge on any atom is 0.127 e. The van der Waals surface area contributed by atoms with Gasteiger partial charge in [-0.3, -0.25) is 0 Å². The maximum absolute atomic E-state index is 9.37. The Morgan fingerprint density at radius 2 is 1.65 bits per heavy atom. The summed E-state index contributed by atoms with van der Waals surface area (Å²) < 4.78 is 5.80. The standard InChI is InChI=1S/C14H18O3/c15-11-8-12(16)10-14(9-11)17-13-6-4-2-1-3-5-7-13/h1-2,8-10,13,15-16H,3-7H2. The monoisotopic (exact) mass is 234 g/mol. The molecule has 1 aliphatic carbocycles. The molecule has 0 heterocycles. The Balaban J connectivity index is 2.01. The van der Waals surface area contributed by atoms with Gasteiger partial charge in [-0.15, -0.1) is 0 Å². The molecule has 3 nitrogen and oxygen atoms in total. The van der Waals surface area contributed by atoms with Gasteiger partial charge in [-0.2, -0.15) is 0 Å². The Morgan fingerprint density at radius 1 is 0.941 bits per heavy atom. The van der Waals surface area contributed by atoms with Crippen molar-refractivity contribution in [2.24, 2.45) is 0 Å². The zero-order chi connectivity index (χ0) is 12.1. The normalized spacial score (nSPS) is 20.6. The summed E-state index contributed by atoms with van der Waals surface area (Å²) in [5.74, 6) is 0.605. The van der Waals surface area contributed by atoms with Crippen LogP contribution in [0.1, 0.15) is 32.1 Å². The van der Waals surface area contributed by atoms with E-state index in [4.69, 9.17) is 4.74 Å². The number of phenols is 2. The highest BCUT2D eigenvalue weighted by molar-refractivity contribution is 5.40. The first-order valence-electron chi connectivity index (χ1n) is 6.09. The molecule has 1 aliphatic rings. The van der Waals surface area contributed by atoms with Crippen molar-refractivity contribution in [1.82, 2.24) is 0 Å². The van der Waals surface area contributed by atoms with Crippen LogP contribution in [0.2, 0.25) is 0 Å². The minimum absolute atomic E-state index is 0.0331. The van der Waals surface area contributed by atoms with Gasteiger partial charge in [0.05, 0.1) is 6.10 Å². The first kappa shape index (κ1) is 11.8. The van der Waals surface area contributed by atoms with E-state index >= 15 is 0 Å². The van der Waals surface area contributed by atoms with Gasteiger partial charge in [0, 0.05) is 18.2 Å². The molecule has 0 amide bonds. The zero-order valence-electron chi connectivity index (χ0n) is 9.80. The molecule has 0 aromatic heterocycles. The van der Waals surface area contributed by atoms with E-state index in [2.05, 4.69) is 12.2 Å². The molecular weight excluding hydrogens is 216 g/mol. The lowest BCUT2D eigenvalue weighted by atomic mass is 10.0. The van der Waals surface area contributed by atoms with E-state index in [1.807, 2.05) is 0 Å². The van der Waals surface area contributed by atoms with E-state index in [9.17, 15) is 10.2 Å². The predicted octanol–water partition coefficient (Wildman–Crippen LogP) is 3.37. The van der Waals surface area contributed by atoms with Crippen molar-refractivity contribution in [3.8, 4) is 17.2 Å². The molecule has 1 unspecified atom stereocenters. The molecule has 3 heteroatoms. The van der Waals surface area contributed by atoms with Gasteiger partial charge in [0.2, 0.25) is 0 Å². The Hall–Kier alpha value is -1.64. The van der Waals surface area contributed by atoms with Crippen LogP contribution in [0.25, 0.3) is 0 Å². The number of phenolic OH excluding ortho intramolecular Hbond substituents is 2. The highest BCUT2D eigenvalue weighted by atomic mass is 16.5. The van der Waals surface area contributed by atoms with Gasteiger partial charge in [-0.05, 0) is 32.1 Å². The molecule has 1 aromatic rings. The molecule has 0 radical (unpaired) electrons. The average molecular weight is 234 g/mol. The second kappa shape index (κ2) is 5.62. The summed E-state index contributed by atoms with van der Waals surface area (Å²) >= 11 is 0. The van der Waals surface area contributed by atoms with Gasteiger partial charge in [-0.25, -0.2) is 0 Å². The quantitative estimate of drug-likeness (QED) is 0.771. The van der Waals surface area contributed by atoms with Crippen LogP contribution in [0, 0.1) is 0 Å². The SMILES string of the molecule is Oc1cc(O)cc(OC2CCC=CCCC2)c1. The summed E-state index contributed by atoms with van der Waals surface area (Å²) in [5, 5.41) is 18.7. The molecule has 0 bridgehead atoms. The van der Waals surface area contributed by atoms with Gasteiger partial charge in [0.1, 0.15) is 17.2 Å². The topological polar surface area (TPSA) is 49.7 Å². The summed E-state index contributed by atoms with van der Waals surface area (Å²) in [7, 11) is 0. The Labute approximate surface area is 101 Å². The maximum atomic E-state index is 9.37. The van der Waals surface area contributed by atoms with Crippen molar-refractivity contribution in [3.05, 3.63) is 30.4 Å². The van der Waals surface area contributed by atoms with Crippen molar-refractivity contribution in [2.45, 2.75) is 38.2 Å². The molecule has 0 saturated heterocycles. The van der Waals surface area contributed by atoms with Crippen LogP contribution in [0.3, 0.4) is 0 Å². The highest BCUT2D eigenvalue weighted by Gasteiger charge is 2.12. The lowest BCUT2D eigenvalue weighted by Crippen LogP contribution is -2.16. The fraction of sp³-hybridized carbons (Fsp3) is 0.429. The number of allylic oxidation sites excluding steroid dienone is 2. The third-order valence-electron chi connectivity index (χ3n) is 2.90. The molecule has 0 saturated carbocycles. The third kappa shape index (κ3) is 3.70. The van der Waals surface area contributed by atoms with Gasteiger partial charge >= 0.3 is 0 Å². The zero-order valence-corrected chi connectivity index (χ0v) is 9.80. The van der Waals surface area contributed by atoms with Crippen LogP contribution in [0.4, 0.5) is 0 Å². The van der Waals surface area contributed by atoms with E-state index in [-0.39, 0.29) is 17.6 Å². The lowest BCUT2D eigenvalue weighted by molar-refractivity contribution is 0.177. The van der Waals surface area contributed by atoms with E-state index in [0.29, 0.717) is 5.75 Å². The van der Waals surface area contributed by atoms with Crippen molar-refractivity contribution in [3.63, 3.8) is 0 Å². The average Bonchev–Trinajstić information content (AvgIpc) is 2.20. The molecule has 0 fully saturated rings. The van der Waals surface area contributed by atoms with Gasteiger partial charge in [0.15, 0.2) is 0 Å². The molecule has 2 N–H and O–H groups in total. The molecule has 17 heavy (non-hydrogen) atoms. The first-order chi connectivity index (χ1) is 8.24. The van der Waals surface area contributed by atoms with E-state index in [1.54, 1.807) is 0 Å². The third-order valence-corrected chi connectivity index (χ3v) is 2.90. The van der Waals surface area contributed by atoms with Crippen LogP contribution >= 0.6 is 0 Å². The Morgan fingerprint density at radius 3 is 2.41 bits per heavy atom. The summed E-state index contributed by atoms with van der Waals surface area (Å²) in [6.07, 6.45) is 9.81. The summed E-state index contributed by atoms with van der Waals surface area (Å²) in [6.45, 7) is 0. The second-order valence-corrected chi connectivity index (χ2v) is 4.40. The van der Waals surface area contributed by atoms with Crippen molar-refractivity contribution in [1.29, 1.82) is 0 Å². The molecular formula is C14H18O3. The smallest absolute Gasteiger partial charge is 0.127 e. The van der Waals surface area contributed by atoms with Crippen molar-refractivity contribution in [2.75, 3.05) is 0 Å². The predicted molar refractivity (Wildman–Crippen MR) is 66.4 cm³/mol. The van der Waals surface area contributed by atoms with Crippen LogP contribution in [-0.2, 0) is 0 Å². The van der Waals surface area contributed by atoms with Crippen LogP contribution < -0.4 is 4.74 Å². The minimum atomic E-state index is 0.0331. The highest BCUT2D eigenvalue weighted by Crippen LogP contribution is 2.28. The van der Waals surface area contributed by atoms with Crippen LogP contribution in [0.5, 0.6) is 17.2 Å². The van der Waals surface area contributed by atoms with Gasteiger partial charge < -0.3 is 14.9 Å². The summed E-state index contributed by atoms with van der Waals surface area (Å²) in [5.41, 5.74) is 0. The van der Waals surface area contributed by atoms with Gasteiger partial charge in [-0.1, -0.05) is 12.2 Å². The van der Waals surface area contributed by atoms with Crippen molar-refractivity contribution < 1.29 is 14.9 Å². The Bertz CT molecular complexity index is 378. The largest absolute Gasteiger partial charge is 0.508 e. The molecule has 1 aromatic carbocycles. The number of ether oxygens (including phenoxy) is 1. The molecule has 0 spiro atoms. The van der Waals surface area contributed by atoms with E-state index < -0.39 is 0 Å². The number of hydrogen-bond acceptors (Lipinski definition) is 3. The summed E-state index contributed by atoms with van der Waals surface area (Å²) in [6, 6.07) is 4.37. The second-order valence-electron chi connectivity index (χ2n) is 4.40. The molecule has 92 valence electrons. The lowest BCUT2D eigenvalue weighted by Gasteiger charge is -2.20. The summed E-state index contributed by atoms with van der Waals surface area (Å²) in [4.78, 5) is 0. The number of benzene rings is 1. The number of rotatable bonds is 2. The molecule has 1 atom stereocenters. The van der Waals surface area contributed by atoms with E-state index in [1.165, 1.54) is 18.2 Å². The van der Waals surface area contributed by atoms with Crippen LogP contribution in [0.15, 0.2) is 30.4 Å². The molecule has 0 aliphatic heterocycles. The number of aromatic hydroxyl groups is 2. The Kier molecular flexibility index (Phi) is 3.91. The fourth-order valence-electron chi connectivity index (χ4n) is 2.07. The molecule has 2 rings (SSSR count). The van der Waals surface area contributed by atoms with Crippen molar-refractivity contribution >= 4 is 0 Å².